The number of rotatable bonds is 7. The van der Waals surface area contributed by atoms with Crippen LogP contribution >= 0.6 is 11.6 Å². The van der Waals surface area contributed by atoms with Gasteiger partial charge in [0.25, 0.3) is 0 Å². The molecular formula is C26H32ClN3O3. The molecule has 0 radical (unpaired) electrons. The molecule has 1 unspecified atom stereocenters. The molecule has 0 bridgehead atoms. The fourth-order valence-corrected chi connectivity index (χ4v) is 4.04. The monoisotopic (exact) mass is 469 g/mol. The minimum absolute atomic E-state index is 0.226. The van der Waals surface area contributed by atoms with E-state index in [2.05, 4.69) is 29.1 Å². The van der Waals surface area contributed by atoms with E-state index in [4.69, 9.17) is 21.1 Å². The molecule has 2 heterocycles. The lowest BCUT2D eigenvalue weighted by Gasteiger charge is -2.33. The quantitative estimate of drug-likeness (QED) is 0.391. The van der Waals surface area contributed by atoms with E-state index >= 15 is 0 Å². The number of alkyl carbamates (subject to hydrolysis) is 1. The van der Waals surface area contributed by atoms with Crippen LogP contribution in [0.5, 0.6) is 5.75 Å². The Morgan fingerprint density at radius 1 is 1.09 bits per heavy atom. The first-order chi connectivity index (χ1) is 15.5. The van der Waals surface area contributed by atoms with E-state index in [0.29, 0.717) is 18.1 Å². The second-order valence-corrected chi connectivity index (χ2v) is 10.3. The third-order valence-corrected chi connectivity index (χ3v) is 5.22. The molecule has 0 spiro atoms. The summed E-state index contributed by atoms with van der Waals surface area (Å²) in [7, 11) is 0. The summed E-state index contributed by atoms with van der Waals surface area (Å²) < 4.78 is 11.5. The highest BCUT2D eigenvalue weighted by molar-refractivity contribution is 6.31. The van der Waals surface area contributed by atoms with Crippen LogP contribution in [0.15, 0.2) is 48.7 Å². The van der Waals surface area contributed by atoms with Crippen molar-refractivity contribution in [1.29, 1.82) is 0 Å². The highest BCUT2D eigenvalue weighted by Gasteiger charge is 2.31. The number of aromatic nitrogens is 2. The Labute approximate surface area is 200 Å². The first-order valence-corrected chi connectivity index (χ1v) is 11.5. The molecular weight excluding hydrogens is 438 g/mol. The molecule has 33 heavy (non-hydrogen) atoms. The average Bonchev–Trinajstić information content (AvgIpc) is 2.70. The zero-order chi connectivity index (χ0) is 24.2. The number of fused-ring (bicyclic) bond motifs is 1. The minimum Gasteiger partial charge on any atom is -0.488 e. The Balaban J connectivity index is 1.78. The van der Waals surface area contributed by atoms with Crippen LogP contribution in [0.4, 0.5) is 4.79 Å². The van der Waals surface area contributed by atoms with Crippen molar-refractivity contribution in [2.45, 2.75) is 59.1 Å². The van der Waals surface area contributed by atoms with Crippen LogP contribution in [0.25, 0.3) is 22.2 Å². The van der Waals surface area contributed by atoms with Crippen LogP contribution in [0.3, 0.4) is 0 Å². The molecule has 1 N–H and O–H groups in total. The van der Waals surface area contributed by atoms with Gasteiger partial charge in [0.2, 0.25) is 0 Å². The Hall–Kier alpha value is -2.86. The van der Waals surface area contributed by atoms with Gasteiger partial charge in [0.15, 0.2) is 10.9 Å². The van der Waals surface area contributed by atoms with Crippen molar-refractivity contribution in [2.75, 3.05) is 6.61 Å². The fraction of sp³-hybridized carbons (Fsp3) is 0.423. The van der Waals surface area contributed by atoms with Crippen LogP contribution in [-0.2, 0) is 4.74 Å². The van der Waals surface area contributed by atoms with Crippen LogP contribution in [0.2, 0.25) is 5.15 Å². The number of benzene rings is 1. The van der Waals surface area contributed by atoms with Crippen LogP contribution in [0, 0.1) is 5.92 Å². The fourth-order valence-electron chi connectivity index (χ4n) is 3.83. The number of ether oxygens (including phenoxy) is 2. The molecule has 3 aromatic rings. The second kappa shape index (κ2) is 9.96. The van der Waals surface area contributed by atoms with Gasteiger partial charge in [-0.05, 0) is 64.3 Å². The van der Waals surface area contributed by atoms with Gasteiger partial charge in [-0.1, -0.05) is 43.6 Å². The van der Waals surface area contributed by atoms with E-state index in [0.717, 1.165) is 22.2 Å². The highest BCUT2D eigenvalue weighted by atomic mass is 35.5. The lowest BCUT2D eigenvalue weighted by atomic mass is 9.91. The van der Waals surface area contributed by atoms with E-state index in [1.165, 1.54) is 0 Å². The molecule has 3 rings (SSSR count). The van der Waals surface area contributed by atoms with Crippen LogP contribution in [-0.4, -0.2) is 33.8 Å². The highest BCUT2D eigenvalue weighted by Crippen LogP contribution is 2.31. The molecule has 1 atom stereocenters. The smallest absolute Gasteiger partial charge is 0.408 e. The number of carbonyl (C=O) groups excluding carboxylic acids is 1. The number of nitrogens with zero attached hydrogens (tertiary/aromatic N) is 2. The molecule has 0 saturated heterocycles. The predicted molar refractivity (Wildman–Crippen MR) is 133 cm³/mol. The second-order valence-electron chi connectivity index (χ2n) is 9.94. The first-order valence-electron chi connectivity index (χ1n) is 11.1. The lowest BCUT2D eigenvalue weighted by molar-refractivity contribution is 0.0408. The number of hydrogen-bond acceptors (Lipinski definition) is 5. The number of pyridine rings is 2. The summed E-state index contributed by atoms with van der Waals surface area (Å²) in [6.45, 7) is 11.9. The molecule has 0 aliphatic carbocycles. The molecule has 0 fully saturated rings. The van der Waals surface area contributed by atoms with Gasteiger partial charge in [-0.3, -0.25) is 4.98 Å². The topological polar surface area (TPSA) is 73.3 Å². The predicted octanol–water partition coefficient (Wildman–Crippen LogP) is 6.66. The molecule has 2 aromatic heterocycles. The van der Waals surface area contributed by atoms with Crippen molar-refractivity contribution >= 4 is 28.6 Å². The van der Waals surface area contributed by atoms with Crippen molar-refractivity contribution in [3.05, 3.63) is 53.8 Å². The van der Waals surface area contributed by atoms with Crippen molar-refractivity contribution in [3.8, 4) is 17.0 Å². The number of nitrogens with one attached hydrogen (secondary N) is 1. The molecule has 6 nitrogen and oxygen atoms in total. The van der Waals surface area contributed by atoms with Crippen LogP contribution < -0.4 is 10.1 Å². The summed E-state index contributed by atoms with van der Waals surface area (Å²) in [6.07, 6.45) is 1.99. The van der Waals surface area contributed by atoms with Gasteiger partial charge >= 0.3 is 6.09 Å². The number of carbonyl (C=O) groups is 1. The Morgan fingerprint density at radius 2 is 1.82 bits per heavy atom. The van der Waals surface area contributed by atoms with E-state index in [1.54, 1.807) is 6.20 Å². The number of halogens is 1. The van der Waals surface area contributed by atoms with Gasteiger partial charge in [0.1, 0.15) is 12.2 Å². The van der Waals surface area contributed by atoms with E-state index in [1.807, 2.05) is 70.2 Å². The number of hydrogen-bond donors (Lipinski definition) is 1. The van der Waals surface area contributed by atoms with Crippen molar-refractivity contribution < 1.29 is 14.3 Å². The summed E-state index contributed by atoms with van der Waals surface area (Å²) in [4.78, 5) is 21.4. The maximum Gasteiger partial charge on any atom is 0.408 e. The molecule has 1 amide bonds. The molecule has 0 saturated carbocycles. The maximum atomic E-state index is 12.4. The molecule has 176 valence electrons. The number of amides is 1. The summed E-state index contributed by atoms with van der Waals surface area (Å²) in [5.41, 5.74) is 1.36. The van der Waals surface area contributed by atoms with Gasteiger partial charge in [0, 0.05) is 17.1 Å². The zero-order valence-corrected chi connectivity index (χ0v) is 20.9. The number of para-hydroxylation sites is 1. The van der Waals surface area contributed by atoms with Gasteiger partial charge in [0.05, 0.1) is 16.7 Å². The first kappa shape index (κ1) is 24.8. The summed E-state index contributed by atoms with van der Waals surface area (Å²) >= 11 is 6.49. The Morgan fingerprint density at radius 3 is 2.48 bits per heavy atom. The molecule has 0 aliphatic heterocycles. The zero-order valence-electron chi connectivity index (χ0n) is 20.1. The van der Waals surface area contributed by atoms with Gasteiger partial charge in [-0.25, -0.2) is 9.78 Å². The summed E-state index contributed by atoms with van der Waals surface area (Å²) in [6, 6.07) is 13.5. The maximum absolute atomic E-state index is 12.4. The largest absolute Gasteiger partial charge is 0.488 e. The third kappa shape index (κ3) is 6.81. The third-order valence-electron chi connectivity index (χ3n) is 4.95. The van der Waals surface area contributed by atoms with Gasteiger partial charge < -0.3 is 14.8 Å². The summed E-state index contributed by atoms with van der Waals surface area (Å²) in [5, 5.41) is 4.24. The molecule has 7 heteroatoms. The average molecular weight is 470 g/mol. The molecule has 0 aliphatic rings. The van der Waals surface area contributed by atoms with E-state index < -0.39 is 17.2 Å². The summed E-state index contributed by atoms with van der Waals surface area (Å²) in [5.74, 6) is 0.796. The lowest BCUT2D eigenvalue weighted by Crippen LogP contribution is -2.52. The molecule has 1 aromatic carbocycles. The van der Waals surface area contributed by atoms with Crippen molar-refractivity contribution in [2.24, 2.45) is 5.92 Å². The standard InChI is InChI=1S/C26H32ClN3O3/c1-17(2)15-26(6,30-24(31)33-25(3,4)5)16-32-22-12-11-21(29-23(22)27)19-13-14-28-20-10-8-7-9-18(19)20/h7-14,17H,15-16H2,1-6H3,(H,30,31). The SMILES string of the molecule is CC(C)CC(C)(COc1ccc(-c2ccnc3ccccc23)nc1Cl)NC(=O)OC(C)(C)C. The van der Waals surface area contributed by atoms with Crippen molar-refractivity contribution in [3.63, 3.8) is 0 Å². The Kier molecular flexibility index (Phi) is 7.48. The van der Waals surface area contributed by atoms with E-state index in [-0.39, 0.29) is 11.8 Å². The van der Waals surface area contributed by atoms with Gasteiger partial charge in [-0.15, -0.1) is 0 Å². The van der Waals surface area contributed by atoms with E-state index in [9.17, 15) is 4.79 Å². The minimum atomic E-state index is -0.639. The van der Waals surface area contributed by atoms with Crippen molar-refractivity contribution in [1.82, 2.24) is 15.3 Å². The normalized spacial score (nSPS) is 13.6. The Bertz CT molecular complexity index is 1120. The van der Waals surface area contributed by atoms with Gasteiger partial charge in [-0.2, -0.15) is 0 Å². The van der Waals surface area contributed by atoms with Crippen LogP contribution in [0.1, 0.15) is 48.0 Å².